The second-order valence-electron chi connectivity index (χ2n) is 4.22. The van der Waals surface area contributed by atoms with E-state index in [0.717, 1.165) is 24.3 Å². The van der Waals surface area contributed by atoms with Gasteiger partial charge in [-0.05, 0) is 17.5 Å². The number of carbonyl (C=O) groups excluding carboxylic acids is 1. The normalized spacial score (nSPS) is 11.4. The van der Waals surface area contributed by atoms with E-state index in [1.807, 2.05) is 0 Å². The van der Waals surface area contributed by atoms with Crippen LogP contribution in [-0.2, 0) is 0 Å². The van der Waals surface area contributed by atoms with Crippen LogP contribution in [0.5, 0.6) is 0 Å². The number of fused-ring (bicyclic) bond motifs is 1. The number of nitrogens with one attached hydrogen (secondary N) is 1. The van der Waals surface area contributed by atoms with Crippen molar-refractivity contribution in [3.8, 4) is 0 Å². The van der Waals surface area contributed by atoms with Crippen molar-refractivity contribution in [2.45, 2.75) is 6.18 Å². The minimum atomic E-state index is -4.62. The molecule has 0 saturated heterocycles. The molecule has 0 aliphatic rings. The molecule has 1 heterocycles. The van der Waals surface area contributed by atoms with Gasteiger partial charge in [0.1, 0.15) is 6.54 Å². The van der Waals surface area contributed by atoms with Crippen molar-refractivity contribution in [2.75, 3.05) is 6.54 Å². The van der Waals surface area contributed by atoms with Gasteiger partial charge in [-0.2, -0.15) is 13.2 Å². The predicted octanol–water partition coefficient (Wildman–Crippen LogP) is 1.99. The molecule has 0 aliphatic heterocycles. The maximum absolute atomic E-state index is 12.0. The molecule has 0 fully saturated rings. The Morgan fingerprint density at radius 2 is 2.00 bits per heavy atom. The van der Waals surface area contributed by atoms with Crippen LogP contribution < -0.4 is 10.9 Å². The Labute approximate surface area is 119 Å². The van der Waals surface area contributed by atoms with Crippen molar-refractivity contribution < 1.29 is 27.3 Å². The molecular formula is C12H7F3N2O5. The quantitative estimate of drug-likeness (QED) is 0.689. The number of halogens is 3. The van der Waals surface area contributed by atoms with E-state index in [4.69, 9.17) is 0 Å². The second kappa shape index (κ2) is 5.47. The molecule has 1 aromatic carbocycles. The van der Waals surface area contributed by atoms with Crippen LogP contribution >= 0.6 is 0 Å². The Kier molecular flexibility index (Phi) is 3.85. The predicted molar refractivity (Wildman–Crippen MR) is 67.5 cm³/mol. The van der Waals surface area contributed by atoms with Gasteiger partial charge < -0.3 is 9.73 Å². The lowest BCUT2D eigenvalue weighted by atomic mass is 10.1. The van der Waals surface area contributed by atoms with Crippen molar-refractivity contribution in [2.24, 2.45) is 0 Å². The molecule has 1 N–H and O–H groups in total. The van der Waals surface area contributed by atoms with Crippen LogP contribution in [0.3, 0.4) is 0 Å². The van der Waals surface area contributed by atoms with Gasteiger partial charge in [0.2, 0.25) is 0 Å². The Morgan fingerprint density at radius 3 is 2.59 bits per heavy atom. The highest BCUT2D eigenvalue weighted by Crippen LogP contribution is 2.20. The molecule has 1 aromatic heterocycles. The number of benzene rings is 1. The topological polar surface area (TPSA) is 102 Å². The lowest BCUT2D eigenvalue weighted by Crippen LogP contribution is -2.34. The van der Waals surface area contributed by atoms with Crippen molar-refractivity contribution in [3.63, 3.8) is 0 Å². The molecule has 0 bridgehead atoms. The van der Waals surface area contributed by atoms with Gasteiger partial charge in [0.15, 0.2) is 5.76 Å². The molecule has 10 heteroatoms. The summed E-state index contributed by atoms with van der Waals surface area (Å²) < 4.78 is 40.7. The Hall–Kier alpha value is -2.91. The first-order valence-corrected chi connectivity index (χ1v) is 5.74. The summed E-state index contributed by atoms with van der Waals surface area (Å²) in [5, 5.41) is 12.2. The first-order chi connectivity index (χ1) is 10.2. The molecule has 0 unspecified atom stereocenters. The summed E-state index contributed by atoms with van der Waals surface area (Å²) in [5.41, 5.74) is -1.32. The molecule has 1 amide bonds. The number of non-ortho nitro benzene ring substituents is 1. The number of hydrogen-bond donors (Lipinski definition) is 1. The highest BCUT2D eigenvalue weighted by atomic mass is 19.4. The minimum Gasteiger partial charge on any atom is -0.417 e. The van der Waals surface area contributed by atoms with Gasteiger partial charge in [-0.25, -0.2) is 4.79 Å². The van der Waals surface area contributed by atoms with Crippen LogP contribution in [0.15, 0.2) is 33.5 Å². The zero-order chi connectivity index (χ0) is 16.5. The number of carbonyl (C=O) groups is 1. The van der Waals surface area contributed by atoms with Gasteiger partial charge in [-0.1, -0.05) is 0 Å². The molecule has 7 nitrogen and oxygen atoms in total. The average Bonchev–Trinajstić information content (AvgIpc) is 2.43. The number of amides is 1. The van der Waals surface area contributed by atoms with Crippen molar-refractivity contribution in [3.05, 3.63) is 50.6 Å². The van der Waals surface area contributed by atoms with Crippen molar-refractivity contribution in [1.29, 1.82) is 0 Å². The first-order valence-electron chi connectivity index (χ1n) is 5.74. The van der Waals surface area contributed by atoms with Crippen LogP contribution in [0, 0.1) is 10.1 Å². The lowest BCUT2D eigenvalue weighted by Gasteiger charge is -2.07. The highest BCUT2D eigenvalue weighted by molar-refractivity contribution is 5.95. The average molecular weight is 316 g/mol. The lowest BCUT2D eigenvalue weighted by molar-refractivity contribution is -0.384. The Morgan fingerprint density at radius 1 is 1.32 bits per heavy atom. The van der Waals surface area contributed by atoms with E-state index < -0.39 is 34.9 Å². The van der Waals surface area contributed by atoms with E-state index in [2.05, 4.69) is 4.42 Å². The summed E-state index contributed by atoms with van der Waals surface area (Å²) in [5.74, 6) is -1.91. The van der Waals surface area contributed by atoms with Crippen LogP contribution in [0.2, 0.25) is 0 Å². The summed E-state index contributed by atoms with van der Waals surface area (Å²) >= 11 is 0. The van der Waals surface area contributed by atoms with Gasteiger partial charge in [-0.15, -0.1) is 0 Å². The molecule has 2 aromatic rings. The fourth-order valence-corrected chi connectivity index (χ4v) is 1.67. The second-order valence-corrected chi connectivity index (χ2v) is 4.22. The Balaban J connectivity index is 2.41. The molecule has 0 atom stereocenters. The van der Waals surface area contributed by atoms with Crippen LogP contribution in [0.25, 0.3) is 10.8 Å². The third-order valence-electron chi connectivity index (χ3n) is 2.63. The largest absolute Gasteiger partial charge is 0.417 e. The van der Waals surface area contributed by atoms with Crippen molar-refractivity contribution >= 4 is 22.4 Å². The first kappa shape index (κ1) is 15.5. The van der Waals surface area contributed by atoms with Gasteiger partial charge in [0.05, 0.1) is 10.3 Å². The fourth-order valence-electron chi connectivity index (χ4n) is 1.67. The van der Waals surface area contributed by atoms with Gasteiger partial charge >= 0.3 is 11.8 Å². The monoisotopic (exact) mass is 316 g/mol. The summed E-state index contributed by atoms with van der Waals surface area (Å²) in [6.07, 6.45) is -4.62. The van der Waals surface area contributed by atoms with E-state index in [9.17, 15) is 32.9 Å². The van der Waals surface area contributed by atoms with Crippen molar-refractivity contribution in [1.82, 2.24) is 5.32 Å². The van der Waals surface area contributed by atoms with Gasteiger partial charge in [0, 0.05) is 12.1 Å². The van der Waals surface area contributed by atoms with E-state index in [1.54, 1.807) is 0 Å². The zero-order valence-corrected chi connectivity index (χ0v) is 10.6. The van der Waals surface area contributed by atoms with Crippen LogP contribution in [0.4, 0.5) is 18.9 Å². The smallest absolute Gasteiger partial charge is 0.405 e. The number of hydrogen-bond acceptors (Lipinski definition) is 5. The standard InChI is InChI=1S/C12H7F3N2O5/c13-12(14,15)5-16-10(18)9-4-6-3-7(17(20)21)1-2-8(6)11(19)22-9/h1-4H,5H2,(H,16,18). The van der Waals surface area contributed by atoms with E-state index in [-0.39, 0.29) is 16.5 Å². The highest BCUT2D eigenvalue weighted by Gasteiger charge is 2.28. The summed E-state index contributed by atoms with van der Waals surface area (Å²) in [7, 11) is 0. The van der Waals surface area contributed by atoms with Crippen LogP contribution in [-0.4, -0.2) is 23.6 Å². The maximum atomic E-state index is 12.0. The van der Waals surface area contributed by atoms with Gasteiger partial charge in [-0.3, -0.25) is 14.9 Å². The van der Waals surface area contributed by atoms with E-state index in [0.29, 0.717) is 0 Å². The molecular weight excluding hydrogens is 309 g/mol. The van der Waals surface area contributed by atoms with Crippen LogP contribution in [0.1, 0.15) is 10.6 Å². The number of rotatable bonds is 3. The molecule has 0 saturated carbocycles. The summed E-state index contributed by atoms with van der Waals surface area (Å²) in [6.45, 7) is -1.59. The molecule has 116 valence electrons. The fraction of sp³-hybridized carbons (Fsp3) is 0.167. The zero-order valence-electron chi connectivity index (χ0n) is 10.6. The number of nitro groups is 1. The van der Waals surface area contributed by atoms with E-state index >= 15 is 0 Å². The third kappa shape index (κ3) is 3.40. The molecule has 2 rings (SSSR count). The minimum absolute atomic E-state index is 0.0163. The molecule has 0 aliphatic carbocycles. The van der Waals surface area contributed by atoms with Gasteiger partial charge in [0.25, 0.3) is 11.6 Å². The number of nitro benzene ring substituents is 1. The SMILES string of the molecule is O=C(NCC(F)(F)F)c1cc2cc([N+](=O)[O-])ccc2c(=O)o1. The molecule has 22 heavy (non-hydrogen) atoms. The number of alkyl halides is 3. The summed E-state index contributed by atoms with van der Waals surface area (Å²) in [6, 6.07) is 4.20. The third-order valence-corrected chi connectivity index (χ3v) is 2.63. The number of nitrogens with zero attached hydrogens (tertiary/aromatic N) is 1. The maximum Gasteiger partial charge on any atom is 0.405 e. The molecule has 0 spiro atoms. The van der Waals surface area contributed by atoms with E-state index in [1.165, 1.54) is 5.32 Å². The molecule has 0 radical (unpaired) electrons. The summed E-state index contributed by atoms with van der Waals surface area (Å²) in [4.78, 5) is 33.1. The Bertz CT molecular complexity index is 812.